The highest BCUT2D eigenvalue weighted by Gasteiger charge is 2.14. The summed E-state index contributed by atoms with van der Waals surface area (Å²) in [5, 5.41) is 8.05. The third kappa shape index (κ3) is 3.26. The molecule has 0 aliphatic heterocycles. The van der Waals surface area contributed by atoms with Gasteiger partial charge in [0, 0.05) is 41.9 Å². The van der Waals surface area contributed by atoms with Gasteiger partial charge in [-0.15, -0.1) is 22.7 Å². The Morgan fingerprint density at radius 3 is 2.90 bits per heavy atom. The first-order valence-electron chi connectivity index (χ1n) is 6.42. The zero-order valence-corrected chi connectivity index (χ0v) is 13.1. The van der Waals surface area contributed by atoms with Crippen LogP contribution in [0.2, 0.25) is 0 Å². The van der Waals surface area contributed by atoms with Gasteiger partial charge in [-0.1, -0.05) is 6.07 Å². The van der Waals surface area contributed by atoms with Crippen LogP contribution in [0.4, 0.5) is 5.95 Å². The van der Waals surface area contributed by atoms with Gasteiger partial charge < -0.3 is 10.1 Å². The van der Waals surface area contributed by atoms with E-state index in [2.05, 4.69) is 26.3 Å². The summed E-state index contributed by atoms with van der Waals surface area (Å²) in [5.41, 5.74) is 1.87. The molecule has 0 bridgehead atoms. The quantitative estimate of drug-likeness (QED) is 0.706. The van der Waals surface area contributed by atoms with Crippen LogP contribution in [0.5, 0.6) is 0 Å². The molecule has 0 spiro atoms. The van der Waals surface area contributed by atoms with Crippen molar-refractivity contribution < 1.29 is 4.74 Å². The van der Waals surface area contributed by atoms with E-state index in [1.165, 1.54) is 0 Å². The monoisotopic (exact) mass is 318 g/mol. The molecule has 0 fully saturated rings. The normalized spacial score (nSPS) is 10.7. The second kappa shape index (κ2) is 6.75. The van der Waals surface area contributed by atoms with Gasteiger partial charge in [0.25, 0.3) is 0 Å². The van der Waals surface area contributed by atoms with Crippen LogP contribution in [0.3, 0.4) is 0 Å². The molecule has 0 radical (unpaired) electrons. The Balaban J connectivity index is 1.97. The molecule has 3 aromatic rings. The third-order valence-electron chi connectivity index (χ3n) is 2.80. The maximum atomic E-state index is 5.02. The number of nitrogens with zero attached hydrogens (tertiary/aromatic N) is 3. The summed E-state index contributed by atoms with van der Waals surface area (Å²) in [4.78, 5) is 14.5. The highest BCUT2D eigenvalue weighted by molar-refractivity contribution is 7.14. The molecule has 0 saturated heterocycles. The van der Waals surface area contributed by atoms with Crippen LogP contribution in [-0.2, 0) is 4.74 Å². The lowest BCUT2D eigenvalue weighted by Crippen LogP contribution is -2.10. The Hall–Kier alpha value is -1.83. The Bertz CT molecular complexity index is 683. The number of nitrogens with one attached hydrogen (secondary N) is 1. The second-order valence-corrected chi connectivity index (χ2v) is 6.03. The van der Waals surface area contributed by atoms with Gasteiger partial charge in [-0.3, -0.25) is 0 Å². The van der Waals surface area contributed by atoms with Gasteiger partial charge in [0.1, 0.15) is 10.7 Å². The van der Waals surface area contributed by atoms with E-state index in [1.54, 1.807) is 36.0 Å². The van der Waals surface area contributed by atoms with Gasteiger partial charge in [0.05, 0.1) is 6.61 Å². The lowest BCUT2D eigenvalue weighted by atomic mass is 10.2. The van der Waals surface area contributed by atoms with E-state index in [0.717, 1.165) is 21.1 Å². The van der Waals surface area contributed by atoms with Crippen molar-refractivity contribution in [3.05, 3.63) is 35.3 Å². The van der Waals surface area contributed by atoms with Crippen molar-refractivity contribution >= 4 is 28.6 Å². The van der Waals surface area contributed by atoms with E-state index >= 15 is 0 Å². The molecule has 21 heavy (non-hydrogen) atoms. The Labute approximate surface area is 130 Å². The molecule has 3 heterocycles. The first kappa shape index (κ1) is 14.1. The number of methoxy groups -OCH3 is 1. The molecule has 108 valence electrons. The molecule has 3 aromatic heterocycles. The maximum absolute atomic E-state index is 5.02. The average Bonchev–Trinajstić information content (AvgIpc) is 3.21. The van der Waals surface area contributed by atoms with Crippen molar-refractivity contribution in [2.24, 2.45) is 0 Å². The Kier molecular flexibility index (Phi) is 4.54. The fourth-order valence-electron chi connectivity index (χ4n) is 1.85. The van der Waals surface area contributed by atoms with Crippen LogP contribution in [0.15, 0.2) is 35.3 Å². The van der Waals surface area contributed by atoms with Crippen molar-refractivity contribution in [3.8, 4) is 21.1 Å². The van der Waals surface area contributed by atoms with Crippen molar-refractivity contribution in [2.75, 3.05) is 25.6 Å². The fraction of sp³-hybridized carbons (Fsp3) is 0.214. The van der Waals surface area contributed by atoms with E-state index in [1.807, 2.05) is 23.0 Å². The highest BCUT2D eigenvalue weighted by atomic mass is 32.1. The predicted molar refractivity (Wildman–Crippen MR) is 86.8 cm³/mol. The van der Waals surface area contributed by atoms with Crippen LogP contribution in [0, 0.1) is 0 Å². The zero-order valence-electron chi connectivity index (χ0n) is 11.4. The summed E-state index contributed by atoms with van der Waals surface area (Å²) < 4.78 is 5.02. The maximum Gasteiger partial charge on any atom is 0.223 e. The summed E-state index contributed by atoms with van der Waals surface area (Å²) in [6, 6.07) is 4.09. The highest BCUT2D eigenvalue weighted by Crippen LogP contribution is 2.34. The van der Waals surface area contributed by atoms with E-state index in [-0.39, 0.29) is 0 Å². The average molecular weight is 318 g/mol. The number of anilines is 1. The lowest BCUT2D eigenvalue weighted by molar-refractivity contribution is 0.210. The molecule has 0 saturated carbocycles. The van der Waals surface area contributed by atoms with Crippen LogP contribution in [-0.4, -0.2) is 35.2 Å². The predicted octanol–water partition coefficient (Wildman–Crippen LogP) is 3.39. The standard InChI is InChI=1S/C14H14N4OS2/c1-19-6-4-16-14-17-9-10(11-3-2-7-20-11)12(18-14)13-15-5-8-21-13/h2-3,5,7-9H,4,6H2,1H3,(H,16,17,18). The molecule has 7 heteroatoms. The van der Waals surface area contributed by atoms with Gasteiger partial charge in [0.15, 0.2) is 0 Å². The minimum Gasteiger partial charge on any atom is -0.383 e. The molecule has 1 N–H and O–H groups in total. The Morgan fingerprint density at radius 1 is 1.24 bits per heavy atom. The molecule has 0 unspecified atom stereocenters. The van der Waals surface area contributed by atoms with Crippen molar-refractivity contribution in [1.82, 2.24) is 15.0 Å². The number of ether oxygens (including phenoxy) is 1. The van der Waals surface area contributed by atoms with Crippen molar-refractivity contribution in [3.63, 3.8) is 0 Å². The zero-order chi connectivity index (χ0) is 14.5. The molecule has 0 aliphatic rings. The number of hydrogen-bond acceptors (Lipinski definition) is 7. The summed E-state index contributed by atoms with van der Waals surface area (Å²) >= 11 is 3.25. The number of rotatable bonds is 6. The molecule has 0 amide bonds. The molecule has 5 nitrogen and oxygen atoms in total. The molecular formula is C14H14N4OS2. The summed E-state index contributed by atoms with van der Waals surface area (Å²) in [7, 11) is 1.67. The fourth-order valence-corrected chi connectivity index (χ4v) is 3.22. The van der Waals surface area contributed by atoms with Gasteiger partial charge in [-0.25, -0.2) is 15.0 Å². The molecular weight excluding hydrogens is 304 g/mol. The number of aromatic nitrogens is 3. The summed E-state index contributed by atoms with van der Waals surface area (Å²) in [6.45, 7) is 1.29. The molecule has 0 atom stereocenters. The molecule has 0 aromatic carbocycles. The number of thiophene rings is 1. The third-order valence-corrected chi connectivity index (χ3v) is 4.48. The van der Waals surface area contributed by atoms with E-state index in [0.29, 0.717) is 19.1 Å². The minimum atomic E-state index is 0.595. The number of hydrogen-bond donors (Lipinski definition) is 1. The summed E-state index contributed by atoms with van der Waals surface area (Å²) in [6.07, 6.45) is 3.64. The lowest BCUT2D eigenvalue weighted by Gasteiger charge is -2.08. The topological polar surface area (TPSA) is 59.9 Å². The van der Waals surface area contributed by atoms with Crippen LogP contribution < -0.4 is 5.32 Å². The smallest absolute Gasteiger partial charge is 0.223 e. The van der Waals surface area contributed by atoms with Gasteiger partial charge in [-0.2, -0.15) is 0 Å². The van der Waals surface area contributed by atoms with Gasteiger partial charge in [0.2, 0.25) is 5.95 Å². The second-order valence-electron chi connectivity index (χ2n) is 4.19. The van der Waals surface area contributed by atoms with Crippen LogP contribution in [0.25, 0.3) is 21.1 Å². The van der Waals surface area contributed by atoms with Crippen LogP contribution in [0.1, 0.15) is 0 Å². The Morgan fingerprint density at radius 2 is 2.19 bits per heavy atom. The largest absolute Gasteiger partial charge is 0.383 e. The van der Waals surface area contributed by atoms with Crippen molar-refractivity contribution in [1.29, 1.82) is 0 Å². The van der Waals surface area contributed by atoms with Crippen molar-refractivity contribution in [2.45, 2.75) is 0 Å². The van der Waals surface area contributed by atoms with Gasteiger partial charge >= 0.3 is 0 Å². The molecule has 0 aliphatic carbocycles. The minimum absolute atomic E-state index is 0.595. The summed E-state index contributed by atoms with van der Waals surface area (Å²) in [5.74, 6) is 0.595. The molecule has 3 rings (SSSR count). The van der Waals surface area contributed by atoms with Crippen LogP contribution >= 0.6 is 22.7 Å². The van der Waals surface area contributed by atoms with E-state index in [9.17, 15) is 0 Å². The van der Waals surface area contributed by atoms with E-state index in [4.69, 9.17) is 4.74 Å². The van der Waals surface area contributed by atoms with E-state index < -0.39 is 0 Å². The van der Waals surface area contributed by atoms with Gasteiger partial charge in [-0.05, 0) is 11.4 Å². The SMILES string of the molecule is COCCNc1ncc(-c2cccs2)c(-c2nccs2)n1. The first-order valence-corrected chi connectivity index (χ1v) is 8.18. The number of thiazole rings is 1. The first-order chi connectivity index (χ1) is 10.4.